The van der Waals surface area contributed by atoms with Crippen LogP contribution in [0.5, 0.6) is 0 Å². The largest absolute Gasteiger partial charge is 0.393 e. The molecule has 2 N–H and O–H groups in total. The van der Waals surface area contributed by atoms with Crippen molar-refractivity contribution in [2.24, 2.45) is 0 Å². The number of carbonyl (C=O) groups is 1. The average Bonchev–Trinajstić information content (AvgIpc) is 3.36. The molecule has 6 rings (SSSR count). The number of halogens is 2. The molecule has 0 radical (unpaired) electrons. The lowest BCUT2D eigenvalue weighted by Gasteiger charge is -2.33. The van der Waals surface area contributed by atoms with Crippen molar-refractivity contribution in [2.75, 3.05) is 14.1 Å². The Morgan fingerprint density at radius 3 is 2.24 bits per heavy atom. The molecule has 0 spiro atoms. The molecule has 1 aromatic heterocycles. The van der Waals surface area contributed by atoms with Gasteiger partial charge in [-0.3, -0.25) is 9.69 Å². The third kappa shape index (κ3) is 6.85. The van der Waals surface area contributed by atoms with E-state index in [2.05, 4.69) is 29.1 Å². The number of benzene rings is 3. The number of carbonyl (C=O) groups excluding carboxylic acids is 1. The van der Waals surface area contributed by atoms with Crippen LogP contribution in [0.25, 0.3) is 10.9 Å². The molecule has 1 atom stereocenters. The number of nitrogens with zero attached hydrogens (tertiary/aromatic N) is 2. The Labute approximate surface area is 240 Å². The quantitative estimate of drug-likeness (QED) is 0.294. The molecule has 0 bridgehead atoms. The predicted octanol–water partition coefficient (Wildman–Crippen LogP) is 6.50. The van der Waals surface area contributed by atoms with Crippen molar-refractivity contribution >= 4 is 16.8 Å². The van der Waals surface area contributed by atoms with Crippen LogP contribution in [0.15, 0.2) is 72.8 Å². The molecule has 2 aliphatic rings. The van der Waals surface area contributed by atoms with Gasteiger partial charge in [-0.15, -0.1) is 0 Å². The number of nitrogens with one attached hydrogen (secondary N) is 1. The highest BCUT2D eigenvalue weighted by Crippen LogP contribution is 2.33. The monoisotopic (exact) mass is 559 g/mol. The highest BCUT2D eigenvalue weighted by molar-refractivity contribution is 5.94. The van der Waals surface area contributed by atoms with E-state index in [4.69, 9.17) is 0 Å². The van der Waals surface area contributed by atoms with Gasteiger partial charge in [0.25, 0.3) is 5.91 Å². The first-order chi connectivity index (χ1) is 19.8. The average molecular weight is 560 g/mol. The van der Waals surface area contributed by atoms with Gasteiger partial charge < -0.3 is 15.0 Å². The molecule has 1 amide bonds. The number of aliphatic hydroxyl groups is 1. The Kier molecular flexibility index (Phi) is 9.15. The van der Waals surface area contributed by atoms with Crippen molar-refractivity contribution in [1.29, 1.82) is 0 Å². The van der Waals surface area contributed by atoms with E-state index in [0.717, 1.165) is 74.4 Å². The Morgan fingerprint density at radius 1 is 0.902 bits per heavy atom. The maximum Gasteiger partial charge on any atom is 0.253 e. The number of fused-ring (bicyclic) bond motifs is 3. The first kappa shape index (κ1) is 29.0. The summed E-state index contributed by atoms with van der Waals surface area (Å²) in [4.78, 5) is 19.5. The highest BCUT2D eigenvalue weighted by Gasteiger charge is 2.27. The summed E-state index contributed by atoms with van der Waals surface area (Å²) in [6, 6.07) is 22.8. The normalized spacial score (nSPS) is 20.3. The fourth-order valence-corrected chi connectivity index (χ4v) is 6.20. The minimum atomic E-state index is -0.512. The van der Waals surface area contributed by atoms with Gasteiger partial charge >= 0.3 is 0 Å². The first-order valence-electron chi connectivity index (χ1n) is 14.5. The van der Waals surface area contributed by atoms with Crippen LogP contribution in [0.4, 0.5) is 8.78 Å². The van der Waals surface area contributed by atoms with E-state index in [9.17, 15) is 18.7 Å². The number of H-pyrrole nitrogens is 1. The second-order valence-corrected chi connectivity index (χ2v) is 11.4. The van der Waals surface area contributed by atoms with E-state index < -0.39 is 11.6 Å². The minimum Gasteiger partial charge on any atom is -0.393 e. The number of aryl methyl sites for hydroxylation is 1. The lowest BCUT2D eigenvalue weighted by atomic mass is 9.90. The van der Waals surface area contributed by atoms with Crippen LogP contribution >= 0.6 is 0 Å². The molecule has 7 heteroatoms. The Bertz CT molecular complexity index is 1450. The summed E-state index contributed by atoms with van der Waals surface area (Å²) in [5, 5.41) is 10.2. The summed E-state index contributed by atoms with van der Waals surface area (Å²) in [6.07, 6.45) is 5.94. The van der Waals surface area contributed by atoms with Gasteiger partial charge in [0, 0.05) is 48.4 Å². The van der Waals surface area contributed by atoms with E-state index in [1.54, 1.807) is 0 Å². The Hall–Kier alpha value is -3.55. The van der Waals surface area contributed by atoms with E-state index in [-0.39, 0.29) is 18.1 Å². The van der Waals surface area contributed by atoms with E-state index in [1.807, 2.05) is 60.5 Å². The minimum absolute atomic E-state index is 0.0759. The molecule has 0 saturated heterocycles. The van der Waals surface area contributed by atoms with Crippen molar-refractivity contribution in [3.05, 3.63) is 107 Å². The Balaban J connectivity index is 0.000000175. The van der Waals surface area contributed by atoms with Gasteiger partial charge in [0.05, 0.1) is 11.6 Å². The van der Waals surface area contributed by atoms with Crippen LogP contribution in [-0.4, -0.2) is 58.1 Å². The van der Waals surface area contributed by atoms with Crippen LogP contribution < -0.4 is 0 Å². The van der Waals surface area contributed by atoms with Gasteiger partial charge in [-0.2, -0.15) is 0 Å². The molecular formula is C34H39F2N3O2. The molecule has 2 aliphatic carbocycles. The van der Waals surface area contributed by atoms with Gasteiger partial charge in [0.15, 0.2) is 0 Å². The molecule has 4 aromatic rings. The third-order valence-electron chi connectivity index (χ3n) is 8.64. The summed E-state index contributed by atoms with van der Waals surface area (Å²) >= 11 is 0. The fraction of sp³-hybridized carbons (Fsp3) is 0.382. The SMILES string of the molecule is CN(C(=O)c1ccccc1)C1CCC(O)CC1.CN(Cc1ccccc1)C1CCc2[nH]c3c(F)cc(F)cc3c2C1. The molecule has 41 heavy (non-hydrogen) atoms. The zero-order valence-corrected chi connectivity index (χ0v) is 23.8. The number of likely N-dealkylation sites (N-methyl/N-ethyl adjacent to an activating group) is 1. The van der Waals surface area contributed by atoms with Crippen molar-refractivity contribution in [2.45, 2.75) is 69.7 Å². The van der Waals surface area contributed by atoms with Gasteiger partial charge in [0.1, 0.15) is 11.6 Å². The highest BCUT2D eigenvalue weighted by atomic mass is 19.1. The molecule has 1 unspecified atom stereocenters. The summed E-state index contributed by atoms with van der Waals surface area (Å²) in [5.41, 5.74) is 4.58. The number of rotatable bonds is 5. The standard InChI is InChI=1S/C20H20F2N2.C14H19NO2/c1-24(12-13-5-3-2-4-6-13)15-7-8-19-16(11-15)17-9-14(21)10-18(22)20(17)23-19;1-15(12-7-9-13(16)10-8-12)14(17)11-5-3-2-4-6-11/h2-6,9-10,15,23H,7-8,11-12H2,1H3;2-6,12-13,16H,7-10H2,1H3. The van der Waals surface area contributed by atoms with Crippen LogP contribution in [0.3, 0.4) is 0 Å². The van der Waals surface area contributed by atoms with Crippen LogP contribution in [0.2, 0.25) is 0 Å². The van der Waals surface area contributed by atoms with Crippen molar-refractivity contribution in [3.63, 3.8) is 0 Å². The van der Waals surface area contributed by atoms with Crippen molar-refractivity contribution in [1.82, 2.24) is 14.8 Å². The van der Waals surface area contributed by atoms with Gasteiger partial charge in [0.2, 0.25) is 0 Å². The van der Waals surface area contributed by atoms with Gasteiger partial charge in [-0.05, 0) is 81.3 Å². The predicted molar refractivity (Wildman–Crippen MR) is 159 cm³/mol. The van der Waals surface area contributed by atoms with Crippen LogP contribution in [0, 0.1) is 11.6 Å². The summed E-state index contributed by atoms with van der Waals surface area (Å²) in [6.45, 7) is 0.881. The summed E-state index contributed by atoms with van der Waals surface area (Å²) < 4.78 is 27.6. The van der Waals surface area contributed by atoms with Crippen molar-refractivity contribution in [3.8, 4) is 0 Å². The second-order valence-electron chi connectivity index (χ2n) is 11.4. The van der Waals surface area contributed by atoms with Crippen molar-refractivity contribution < 1.29 is 18.7 Å². The molecule has 1 saturated carbocycles. The van der Waals surface area contributed by atoms with E-state index in [1.165, 1.54) is 11.6 Å². The van der Waals surface area contributed by atoms with Crippen LogP contribution in [0.1, 0.15) is 59.3 Å². The lowest BCUT2D eigenvalue weighted by molar-refractivity contribution is 0.0569. The zero-order valence-electron chi connectivity index (χ0n) is 23.8. The summed E-state index contributed by atoms with van der Waals surface area (Å²) in [7, 11) is 3.98. The molecule has 3 aromatic carbocycles. The molecular weight excluding hydrogens is 520 g/mol. The smallest absolute Gasteiger partial charge is 0.253 e. The molecule has 1 heterocycles. The number of aromatic amines is 1. The topological polar surface area (TPSA) is 59.6 Å². The van der Waals surface area contributed by atoms with Crippen LogP contribution in [-0.2, 0) is 19.4 Å². The number of aromatic nitrogens is 1. The summed E-state index contributed by atoms with van der Waals surface area (Å²) in [5.74, 6) is -0.942. The van der Waals surface area contributed by atoms with Gasteiger partial charge in [-0.1, -0.05) is 48.5 Å². The second kappa shape index (κ2) is 13.0. The first-order valence-corrected chi connectivity index (χ1v) is 14.5. The number of hydrogen-bond donors (Lipinski definition) is 2. The maximum absolute atomic E-state index is 14.0. The molecule has 0 aliphatic heterocycles. The van der Waals surface area contributed by atoms with Gasteiger partial charge in [-0.25, -0.2) is 8.78 Å². The third-order valence-corrected chi connectivity index (χ3v) is 8.64. The molecule has 5 nitrogen and oxygen atoms in total. The van der Waals surface area contributed by atoms with E-state index >= 15 is 0 Å². The molecule has 216 valence electrons. The number of aliphatic hydroxyl groups excluding tert-OH is 1. The zero-order chi connectivity index (χ0) is 28.9. The Morgan fingerprint density at radius 2 is 1.56 bits per heavy atom. The molecule has 1 fully saturated rings. The maximum atomic E-state index is 14.0. The lowest BCUT2D eigenvalue weighted by Crippen LogP contribution is -2.40. The number of hydrogen-bond acceptors (Lipinski definition) is 3. The van der Waals surface area contributed by atoms with E-state index in [0.29, 0.717) is 16.9 Å². The fourth-order valence-electron chi connectivity index (χ4n) is 6.20. The number of amides is 1.